The highest BCUT2D eigenvalue weighted by Gasteiger charge is 2.10. The van der Waals surface area contributed by atoms with Crippen LogP contribution in [0, 0.1) is 0 Å². The van der Waals surface area contributed by atoms with Crippen LogP contribution in [0.25, 0.3) is 10.8 Å². The molecule has 0 radical (unpaired) electrons. The Hall–Kier alpha value is -1.33. The molecule has 0 amide bonds. The van der Waals surface area contributed by atoms with E-state index >= 15 is 0 Å². The predicted octanol–water partition coefficient (Wildman–Crippen LogP) is 2.17. The van der Waals surface area contributed by atoms with Gasteiger partial charge in [-0.2, -0.15) is 0 Å². The van der Waals surface area contributed by atoms with E-state index in [1.54, 1.807) is 12.3 Å². The first-order chi connectivity index (χ1) is 7.62. The number of nitrogens with zero attached hydrogens (tertiary/aromatic N) is 1. The minimum absolute atomic E-state index is 0.304. The summed E-state index contributed by atoms with van der Waals surface area (Å²) in [5, 5.41) is 1.18. The van der Waals surface area contributed by atoms with Crippen LogP contribution in [0.5, 0.6) is 0 Å². The summed E-state index contributed by atoms with van der Waals surface area (Å²) in [6, 6.07) is 9.20. The van der Waals surface area contributed by atoms with Gasteiger partial charge in [-0.3, -0.25) is 4.72 Å². The highest BCUT2D eigenvalue weighted by Crippen LogP contribution is 2.21. The van der Waals surface area contributed by atoms with Crippen LogP contribution in [0.15, 0.2) is 36.5 Å². The number of aromatic nitrogens is 1. The highest BCUT2D eigenvalue weighted by atomic mass is 35.5. The topological polar surface area (TPSA) is 59.1 Å². The first kappa shape index (κ1) is 11.2. The molecule has 0 unspecified atom stereocenters. The molecule has 0 aliphatic carbocycles. The molecule has 0 fully saturated rings. The lowest BCUT2D eigenvalue weighted by Gasteiger charge is -2.07. The zero-order valence-electron chi connectivity index (χ0n) is 8.22. The average molecular weight is 257 g/mol. The van der Waals surface area contributed by atoms with Gasteiger partial charge in [0, 0.05) is 11.6 Å². The third-order valence-corrected chi connectivity index (χ3v) is 3.72. The summed E-state index contributed by atoms with van der Waals surface area (Å²) in [6.45, 7) is 0. The number of rotatable bonds is 3. The number of fused-ring (bicyclic) bond motifs is 1. The van der Waals surface area contributed by atoms with Crippen molar-refractivity contribution >= 4 is 38.2 Å². The highest BCUT2D eigenvalue weighted by molar-refractivity contribution is 7.93. The molecule has 1 N–H and O–H groups in total. The lowest BCUT2D eigenvalue weighted by atomic mass is 10.2. The molecule has 6 heteroatoms. The van der Waals surface area contributed by atoms with Crippen LogP contribution in [0.2, 0.25) is 0 Å². The normalized spacial score (nSPS) is 11.6. The minimum Gasteiger partial charge on any atom is -0.266 e. The minimum atomic E-state index is -3.51. The van der Waals surface area contributed by atoms with E-state index in [-0.39, 0.29) is 0 Å². The summed E-state index contributed by atoms with van der Waals surface area (Å²) in [5.74, 6) is 0.304. The second kappa shape index (κ2) is 4.27. The van der Waals surface area contributed by atoms with Crippen molar-refractivity contribution in [3.63, 3.8) is 0 Å². The summed E-state index contributed by atoms with van der Waals surface area (Å²) in [6.07, 6.45) is 1.55. The van der Waals surface area contributed by atoms with E-state index < -0.39 is 15.2 Å². The van der Waals surface area contributed by atoms with Gasteiger partial charge >= 0.3 is 0 Å². The van der Waals surface area contributed by atoms with E-state index in [4.69, 9.17) is 11.6 Å². The maximum Gasteiger partial charge on any atom is 0.247 e. The Balaban J connectivity index is 2.53. The van der Waals surface area contributed by atoms with Crippen LogP contribution in [-0.2, 0) is 10.0 Å². The van der Waals surface area contributed by atoms with Crippen LogP contribution in [0.4, 0.5) is 5.82 Å². The fraction of sp³-hybridized carbons (Fsp3) is 0.100. The monoisotopic (exact) mass is 256 g/mol. The summed E-state index contributed by atoms with van der Waals surface area (Å²) < 4.78 is 25.0. The lowest BCUT2D eigenvalue weighted by molar-refractivity contribution is 0.605. The predicted molar refractivity (Wildman–Crippen MR) is 65.0 cm³/mol. The number of anilines is 1. The quantitative estimate of drug-likeness (QED) is 0.857. The van der Waals surface area contributed by atoms with Crippen molar-refractivity contribution in [2.24, 2.45) is 0 Å². The van der Waals surface area contributed by atoms with Crippen molar-refractivity contribution < 1.29 is 8.42 Å². The van der Waals surface area contributed by atoms with Gasteiger partial charge in [0.25, 0.3) is 0 Å². The molecule has 4 nitrogen and oxygen atoms in total. The van der Waals surface area contributed by atoms with Crippen LogP contribution in [0.1, 0.15) is 0 Å². The largest absolute Gasteiger partial charge is 0.266 e. The van der Waals surface area contributed by atoms with E-state index in [0.29, 0.717) is 5.82 Å². The lowest BCUT2D eigenvalue weighted by Crippen LogP contribution is -2.14. The number of sulfonamides is 1. The molecular formula is C10H9ClN2O2S. The van der Waals surface area contributed by atoms with E-state index in [0.717, 1.165) is 10.8 Å². The van der Waals surface area contributed by atoms with Crippen LogP contribution >= 0.6 is 11.6 Å². The van der Waals surface area contributed by atoms with E-state index in [1.807, 2.05) is 24.3 Å². The Bertz CT molecular complexity index is 608. The number of nitrogens with one attached hydrogen (secondary N) is 1. The zero-order chi connectivity index (χ0) is 11.6. The molecular weight excluding hydrogens is 248 g/mol. The van der Waals surface area contributed by atoms with Crippen molar-refractivity contribution in [2.75, 3.05) is 9.93 Å². The zero-order valence-corrected chi connectivity index (χ0v) is 9.79. The van der Waals surface area contributed by atoms with Gasteiger partial charge in [-0.05, 0) is 11.5 Å². The van der Waals surface area contributed by atoms with Gasteiger partial charge in [0.2, 0.25) is 10.0 Å². The molecule has 0 saturated carbocycles. The van der Waals surface area contributed by atoms with E-state index in [2.05, 4.69) is 9.71 Å². The summed E-state index contributed by atoms with van der Waals surface area (Å²) in [5.41, 5.74) is 0. The molecule has 1 aromatic carbocycles. The molecule has 2 rings (SSSR count). The van der Waals surface area contributed by atoms with Crippen LogP contribution in [-0.4, -0.2) is 18.6 Å². The molecule has 1 aromatic heterocycles. The third kappa shape index (κ3) is 2.25. The maximum absolute atomic E-state index is 11.3. The average Bonchev–Trinajstić information content (AvgIpc) is 2.29. The van der Waals surface area contributed by atoms with Crippen molar-refractivity contribution in [1.29, 1.82) is 0 Å². The molecule has 1 heterocycles. The molecule has 0 atom stereocenters. The molecule has 0 saturated heterocycles. The van der Waals surface area contributed by atoms with Gasteiger partial charge < -0.3 is 0 Å². The Labute approximate surface area is 98.3 Å². The Morgan fingerprint density at radius 3 is 2.75 bits per heavy atom. The van der Waals surface area contributed by atoms with Gasteiger partial charge in [-0.1, -0.05) is 24.3 Å². The van der Waals surface area contributed by atoms with Crippen molar-refractivity contribution in [1.82, 2.24) is 4.98 Å². The second-order valence-electron chi connectivity index (χ2n) is 3.21. The van der Waals surface area contributed by atoms with Gasteiger partial charge in [0.15, 0.2) is 0 Å². The van der Waals surface area contributed by atoms with Gasteiger partial charge in [-0.25, -0.2) is 13.4 Å². The van der Waals surface area contributed by atoms with Crippen molar-refractivity contribution in [3.05, 3.63) is 36.5 Å². The van der Waals surface area contributed by atoms with Gasteiger partial charge in [-0.15, -0.1) is 11.6 Å². The van der Waals surface area contributed by atoms with Crippen LogP contribution in [0.3, 0.4) is 0 Å². The number of alkyl halides is 1. The first-order valence-corrected chi connectivity index (χ1v) is 6.71. The summed E-state index contributed by atoms with van der Waals surface area (Å²) in [7, 11) is -3.51. The summed E-state index contributed by atoms with van der Waals surface area (Å²) >= 11 is 5.32. The summed E-state index contributed by atoms with van der Waals surface area (Å²) in [4.78, 5) is 3.99. The molecule has 84 valence electrons. The van der Waals surface area contributed by atoms with Crippen molar-refractivity contribution in [2.45, 2.75) is 0 Å². The number of hydrogen-bond acceptors (Lipinski definition) is 3. The van der Waals surface area contributed by atoms with E-state index in [1.165, 1.54) is 0 Å². The smallest absolute Gasteiger partial charge is 0.247 e. The number of pyridine rings is 1. The molecule has 16 heavy (non-hydrogen) atoms. The molecule has 0 aliphatic rings. The molecule has 0 bridgehead atoms. The SMILES string of the molecule is O=S(=O)(CCl)Nc1nccc2ccccc12. The second-order valence-corrected chi connectivity index (χ2v) is 5.51. The number of halogens is 1. The Morgan fingerprint density at radius 2 is 2.00 bits per heavy atom. The Kier molecular flexibility index (Phi) is 2.98. The first-order valence-electron chi connectivity index (χ1n) is 4.52. The van der Waals surface area contributed by atoms with Gasteiger partial charge in [0.1, 0.15) is 11.0 Å². The number of hydrogen-bond donors (Lipinski definition) is 1. The fourth-order valence-corrected chi connectivity index (χ4v) is 2.05. The third-order valence-electron chi connectivity index (χ3n) is 2.07. The van der Waals surface area contributed by atoms with Crippen LogP contribution < -0.4 is 4.72 Å². The standard InChI is InChI=1S/C10H9ClN2O2S/c11-7-16(14,15)13-10-9-4-2-1-3-8(9)5-6-12-10/h1-6H,7H2,(H,12,13). The molecule has 2 aromatic rings. The van der Waals surface area contributed by atoms with Crippen molar-refractivity contribution in [3.8, 4) is 0 Å². The fourth-order valence-electron chi connectivity index (χ4n) is 1.38. The molecule has 0 spiro atoms. The van der Waals surface area contributed by atoms with E-state index in [9.17, 15) is 8.42 Å². The molecule has 0 aliphatic heterocycles. The maximum atomic E-state index is 11.3. The Morgan fingerprint density at radius 1 is 1.25 bits per heavy atom. The number of benzene rings is 1. The van der Waals surface area contributed by atoms with Gasteiger partial charge in [0.05, 0.1) is 0 Å².